The zero-order valence-corrected chi connectivity index (χ0v) is 10.8. The van der Waals surface area contributed by atoms with Gasteiger partial charge in [0, 0.05) is 5.54 Å². The summed E-state index contributed by atoms with van der Waals surface area (Å²) in [5.41, 5.74) is 7.15. The highest BCUT2D eigenvalue weighted by Gasteiger charge is 2.43. The van der Waals surface area contributed by atoms with E-state index in [0.717, 1.165) is 24.8 Å². The van der Waals surface area contributed by atoms with Crippen molar-refractivity contribution in [3.05, 3.63) is 35.6 Å². The second-order valence-electron chi connectivity index (χ2n) is 6.02. The summed E-state index contributed by atoms with van der Waals surface area (Å²) in [5.74, 6) is -0.126. The molecule has 0 heterocycles. The number of nitrogens with two attached hydrogens (primary N) is 1. The highest BCUT2D eigenvalue weighted by Crippen LogP contribution is 2.44. The molecule has 17 heavy (non-hydrogen) atoms. The van der Waals surface area contributed by atoms with Gasteiger partial charge in [0.05, 0.1) is 0 Å². The van der Waals surface area contributed by atoms with Gasteiger partial charge in [-0.25, -0.2) is 4.39 Å². The molecule has 0 amide bonds. The van der Waals surface area contributed by atoms with Crippen LogP contribution in [0, 0.1) is 11.2 Å². The summed E-state index contributed by atoms with van der Waals surface area (Å²) in [6.07, 6.45) is 5.18. The summed E-state index contributed by atoms with van der Waals surface area (Å²) in [4.78, 5) is 0. The molecule has 1 atom stereocenters. The molecule has 0 aromatic heterocycles. The normalized spacial score (nSPS) is 28.0. The second-order valence-corrected chi connectivity index (χ2v) is 6.02. The van der Waals surface area contributed by atoms with Crippen molar-refractivity contribution in [2.45, 2.75) is 51.5 Å². The lowest BCUT2D eigenvalue weighted by Crippen LogP contribution is -2.56. The molecule has 2 N–H and O–H groups in total. The number of halogens is 1. The maximum absolute atomic E-state index is 13.7. The van der Waals surface area contributed by atoms with Crippen LogP contribution in [0.5, 0.6) is 0 Å². The molecule has 0 bridgehead atoms. The zero-order chi connectivity index (χ0) is 12.5. The molecule has 1 saturated carbocycles. The fraction of sp³-hybridized carbons (Fsp3) is 0.600. The van der Waals surface area contributed by atoms with Crippen LogP contribution in [0.4, 0.5) is 4.39 Å². The molecule has 1 aromatic carbocycles. The van der Waals surface area contributed by atoms with E-state index in [0.29, 0.717) is 6.42 Å². The molecule has 1 unspecified atom stereocenters. The summed E-state index contributed by atoms with van der Waals surface area (Å²) < 4.78 is 13.7. The summed E-state index contributed by atoms with van der Waals surface area (Å²) in [6, 6.07) is 6.99. The minimum Gasteiger partial charge on any atom is -0.324 e. The van der Waals surface area contributed by atoms with E-state index in [2.05, 4.69) is 13.8 Å². The van der Waals surface area contributed by atoms with Crippen LogP contribution in [0.25, 0.3) is 0 Å². The fourth-order valence-electron chi connectivity index (χ4n) is 2.90. The SMILES string of the molecule is CC1(C)CCCCC1(N)Cc1ccccc1F. The van der Waals surface area contributed by atoms with Gasteiger partial charge in [0.1, 0.15) is 5.82 Å². The Bertz CT molecular complexity index is 400. The van der Waals surface area contributed by atoms with Crippen molar-refractivity contribution in [2.24, 2.45) is 11.1 Å². The fourth-order valence-corrected chi connectivity index (χ4v) is 2.90. The Morgan fingerprint density at radius 2 is 1.82 bits per heavy atom. The maximum atomic E-state index is 13.7. The van der Waals surface area contributed by atoms with Gasteiger partial charge < -0.3 is 5.73 Å². The number of benzene rings is 1. The molecule has 2 heteroatoms. The first-order valence-electron chi connectivity index (χ1n) is 6.47. The van der Waals surface area contributed by atoms with Gasteiger partial charge in [-0.15, -0.1) is 0 Å². The zero-order valence-electron chi connectivity index (χ0n) is 10.8. The summed E-state index contributed by atoms with van der Waals surface area (Å²) in [7, 11) is 0. The topological polar surface area (TPSA) is 26.0 Å². The van der Waals surface area contributed by atoms with E-state index in [9.17, 15) is 4.39 Å². The van der Waals surface area contributed by atoms with Gasteiger partial charge >= 0.3 is 0 Å². The first-order chi connectivity index (χ1) is 7.95. The average molecular weight is 235 g/mol. The minimum absolute atomic E-state index is 0.0908. The van der Waals surface area contributed by atoms with Crippen molar-refractivity contribution in [3.8, 4) is 0 Å². The van der Waals surface area contributed by atoms with Crippen LogP contribution < -0.4 is 5.73 Å². The van der Waals surface area contributed by atoms with E-state index >= 15 is 0 Å². The first kappa shape index (κ1) is 12.6. The van der Waals surface area contributed by atoms with Gasteiger partial charge in [-0.3, -0.25) is 0 Å². The lowest BCUT2D eigenvalue weighted by atomic mass is 9.61. The molecule has 0 aliphatic heterocycles. The van der Waals surface area contributed by atoms with Gasteiger partial charge in [-0.2, -0.15) is 0 Å². The van der Waals surface area contributed by atoms with E-state index in [-0.39, 0.29) is 16.8 Å². The molecule has 94 valence electrons. The second kappa shape index (κ2) is 4.41. The van der Waals surface area contributed by atoms with Crippen molar-refractivity contribution in [3.63, 3.8) is 0 Å². The van der Waals surface area contributed by atoms with Crippen molar-refractivity contribution in [2.75, 3.05) is 0 Å². The Balaban J connectivity index is 2.24. The Morgan fingerprint density at radius 3 is 2.47 bits per heavy atom. The first-order valence-corrected chi connectivity index (χ1v) is 6.47. The van der Waals surface area contributed by atoms with Crippen LogP contribution in [0.1, 0.15) is 45.1 Å². The molecule has 1 aliphatic rings. The molecule has 1 nitrogen and oxygen atoms in total. The minimum atomic E-state index is -0.270. The Labute approximate surface area is 103 Å². The van der Waals surface area contributed by atoms with E-state index in [4.69, 9.17) is 5.73 Å². The van der Waals surface area contributed by atoms with Gasteiger partial charge in [0.2, 0.25) is 0 Å². The Morgan fingerprint density at radius 1 is 1.18 bits per heavy atom. The third-order valence-corrected chi connectivity index (χ3v) is 4.49. The predicted octanol–water partition coefficient (Wildman–Crippen LogP) is 3.67. The molecule has 1 fully saturated rings. The molecule has 1 aliphatic carbocycles. The van der Waals surface area contributed by atoms with Crippen LogP contribution in [-0.4, -0.2) is 5.54 Å². The molecule has 2 rings (SSSR count). The number of hydrogen-bond acceptors (Lipinski definition) is 1. The maximum Gasteiger partial charge on any atom is 0.126 e. The standard InChI is InChI=1S/C15H22FN/c1-14(2)9-5-6-10-15(14,17)11-12-7-3-4-8-13(12)16/h3-4,7-8H,5-6,9-11,17H2,1-2H3. The lowest BCUT2D eigenvalue weighted by Gasteiger charge is -2.48. The van der Waals surface area contributed by atoms with Crippen LogP contribution in [0.3, 0.4) is 0 Å². The lowest BCUT2D eigenvalue weighted by molar-refractivity contribution is 0.0982. The third kappa shape index (κ3) is 2.37. The smallest absolute Gasteiger partial charge is 0.126 e. The summed E-state index contributed by atoms with van der Waals surface area (Å²) >= 11 is 0. The van der Waals surface area contributed by atoms with Gasteiger partial charge in [0.25, 0.3) is 0 Å². The van der Waals surface area contributed by atoms with Crippen molar-refractivity contribution in [1.82, 2.24) is 0 Å². The highest BCUT2D eigenvalue weighted by atomic mass is 19.1. The van der Waals surface area contributed by atoms with Crippen LogP contribution >= 0.6 is 0 Å². The Hall–Kier alpha value is -0.890. The molecular formula is C15H22FN. The molecule has 0 spiro atoms. The predicted molar refractivity (Wildman–Crippen MR) is 69.3 cm³/mol. The number of rotatable bonds is 2. The van der Waals surface area contributed by atoms with Gasteiger partial charge in [-0.1, -0.05) is 44.9 Å². The van der Waals surface area contributed by atoms with Crippen LogP contribution in [0.2, 0.25) is 0 Å². The highest BCUT2D eigenvalue weighted by molar-refractivity contribution is 5.21. The van der Waals surface area contributed by atoms with Gasteiger partial charge in [0.15, 0.2) is 0 Å². The quantitative estimate of drug-likeness (QED) is 0.831. The Kier molecular flexibility index (Phi) is 3.26. The summed E-state index contributed by atoms with van der Waals surface area (Å²) in [5, 5.41) is 0. The van der Waals surface area contributed by atoms with Crippen LogP contribution in [-0.2, 0) is 6.42 Å². The molecule has 1 aromatic rings. The third-order valence-electron chi connectivity index (χ3n) is 4.49. The van der Waals surface area contributed by atoms with Crippen molar-refractivity contribution < 1.29 is 4.39 Å². The van der Waals surface area contributed by atoms with E-state index in [1.54, 1.807) is 6.07 Å². The van der Waals surface area contributed by atoms with Gasteiger partial charge in [-0.05, 0) is 36.3 Å². The van der Waals surface area contributed by atoms with E-state index in [1.165, 1.54) is 12.5 Å². The van der Waals surface area contributed by atoms with Crippen molar-refractivity contribution >= 4 is 0 Å². The van der Waals surface area contributed by atoms with E-state index in [1.807, 2.05) is 12.1 Å². The summed E-state index contributed by atoms with van der Waals surface area (Å²) in [6.45, 7) is 4.43. The van der Waals surface area contributed by atoms with Crippen LogP contribution in [0.15, 0.2) is 24.3 Å². The van der Waals surface area contributed by atoms with Crippen molar-refractivity contribution in [1.29, 1.82) is 0 Å². The molecule has 0 radical (unpaired) electrons. The molecular weight excluding hydrogens is 213 g/mol. The monoisotopic (exact) mass is 235 g/mol. The largest absolute Gasteiger partial charge is 0.324 e. The number of hydrogen-bond donors (Lipinski definition) is 1. The average Bonchev–Trinajstić information content (AvgIpc) is 2.26. The van der Waals surface area contributed by atoms with E-state index < -0.39 is 0 Å². The molecule has 0 saturated heterocycles.